The minimum atomic E-state index is -0.869. The van der Waals surface area contributed by atoms with Gasteiger partial charge < -0.3 is 10.2 Å². The predicted molar refractivity (Wildman–Crippen MR) is 193 cm³/mol. The third-order valence-electron chi connectivity index (χ3n) is 10.0. The summed E-state index contributed by atoms with van der Waals surface area (Å²) < 4.78 is 0. The molecule has 0 fully saturated rings. The van der Waals surface area contributed by atoms with Crippen molar-refractivity contribution in [3.05, 3.63) is 148 Å². The molecule has 1 spiro atoms. The molecule has 2 aliphatic rings. The first-order valence-corrected chi connectivity index (χ1v) is 16.6. The molecule has 7 rings (SSSR count). The lowest BCUT2D eigenvalue weighted by Crippen LogP contribution is -2.24. The number of hydrogen-bond donors (Lipinski definition) is 2. The monoisotopic (exact) mass is 602 g/mol. The molecule has 2 heteroatoms. The molecule has 5 aromatic carbocycles. The van der Waals surface area contributed by atoms with Crippen LogP contribution in [-0.2, 0) is 5.41 Å². The van der Waals surface area contributed by atoms with E-state index in [1.54, 1.807) is 6.07 Å². The van der Waals surface area contributed by atoms with Gasteiger partial charge in [-0.1, -0.05) is 139 Å². The van der Waals surface area contributed by atoms with Crippen LogP contribution in [0, 0.1) is 0 Å². The average molecular weight is 603 g/mol. The molecule has 0 aromatic heterocycles. The number of aromatic hydroxyl groups is 2. The molecule has 2 N–H and O–H groups in total. The van der Waals surface area contributed by atoms with Crippen LogP contribution in [0.1, 0.15) is 104 Å². The summed E-state index contributed by atoms with van der Waals surface area (Å²) in [4.78, 5) is 0. The molecule has 0 saturated heterocycles. The van der Waals surface area contributed by atoms with E-state index in [9.17, 15) is 10.2 Å². The lowest BCUT2D eigenvalue weighted by molar-refractivity contribution is 0.455. The first-order chi connectivity index (χ1) is 22.1. The Morgan fingerprint density at radius 1 is 0.543 bits per heavy atom. The van der Waals surface area contributed by atoms with Gasteiger partial charge in [-0.2, -0.15) is 0 Å². The molecule has 5 aromatic rings. The van der Waals surface area contributed by atoms with Gasteiger partial charge in [0.1, 0.15) is 11.5 Å². The molecule has 0 aliphatic heterocycles. The van der Waals surface area contributed by atoms with Crippen LogP contribution < -0.4 is 0 Å². The van der Waals surface area contributed by atoms with Crippen LogP contribution in [0.15, 0.2) is 103 Å². The van der Waals surface area contributed by atoms with Gasteiger partial charge in [0.2, 0.25) is 0 Å². The topological polar surface area (TPSA) is 40.5 Å². The number of allylic oxidation sites excluding steroid dienone is 2. The SMILES string of the molecule is CC(C)c1cccc(C2=Cc3c(-c4cccc(C(C)C)c4)cc(-c4cccc(C(C)C)c4)c(O)c3C23C=Cc2cccc(O)c23)c1. The van der Waals surface area contributed by atoms with Crippen molar-refractivity contribution < 1.29 is 10.2 Å². The lowest BCUT2D eigenvalue weighted by Gasteiger charge is -2.32. The van der Waals surface area contributed by atoms with Gasteiger partial charge in [0, 0.05) is 16.7 Å². The van der Waals surface area contributed by atoms with Crippen molar-refractivity contribution in [2.45, 2.75) is 64.7 Å². The molecule has 1 unspecified atom stereocenters. The van der Waals surface area contributed by atoms with E-state index in [1.165, 1.54) is 16.7 Å². The molecule has 1 atom stereocenters. The summed E-state index contributed by atoms with van der Waals surface area (Å²) in [5, 5.41) is 24.2. The van der Waals surface area contributed by atoms with Crippen molar-refractivity contribution in [1.29, 1.82) is 0 Å². The van der Waals surface area contributed by atoms with E-state index < -0.39 is 5.41 Å². The van der Waals surface area contributed by atoms with Crippen molar-refractivity contribution >= 4 is 17.7 Å². The third-order valence-corrected chi connectivity index (χ3v) is 10.0. The zero-order valence-corrected chi connectivity index (χ0v) is 27.6. The normalized spacial score (nSPS) is 16.5. The van der Waals surface area contributed by atoms with Crippen molar-refractivity contribution in [1.82, 2.24) is 0 Å². The third kappa shape index (κ3) is 4.62. The summed E-state index contributed by atoms with van der Waals surface area (Å²) in [6, 6.07) is 34.0. The van der Waals surface area contributed by atoms with Crippen molar-refractivity contribution in [2.75, 3.05) is 0 Å². The summed E-state index contributed by atoms with van der Waals surface area (Å²) in [5.74, 6) is 1.59. The number of hydrogen-bond acceptors (Lipinski definition) is 2. The molecule has 2 nitrogen and oxygen atoms in total. The highest BCUT2D eigenvalue weighted by molar-refractivity contribution is 6.07. The molecule has 46 heavy (non-hydrogen) atoms. The molecule has 0 bridgehead atoms. The Balaban J connectivity index is 1.61. The average Bonchev–Trinajstić information content (AvgIpc) is 3.61. The number of phenols is 2. The van der Waals surface area contributed by atoms with Gasteiger partial charge in [-0.05, 0) is 91.6 Å². The van der Waals surface area contributed by atoms with Gasteiger partial charge in [-0.3, -0.25) is 0 Å². The maximum atomic E-state index is 12.6. The van der Waals surface area contributed by atoms with E-state index in [4.69, 9.17) is 0 Å². The zero-order chi connectivity index (χ0) is 32.3. The first kappa shape index (κ1) is 29.9. The van der Waals surface area contributed by atoms with Gasteiger partial charge in [-0.25, -0.2) is 0 Å². The van der Waals surface area contributed by atoms with Crippen molar-refractivity contribution in [3.8, 4) is 33.8 Å². The second-order valence-electron chi connectivity index (χ2n) is 13.9. The van der Waals surface area contributed by atoms with Crippen LogP contribution in [0.25, 0.3) is 40.0 Å². The Labute approximate surface area is 273 Å². The van der Waals surface area contributed by atoms with E-state index in [2.05, 4.69) is 145 Å². The molecule has 230 valence electrons. The van der Waals surface area contributed by atoms with Crippen LogP contribution in [0.2, 0.25) is 0 Å². The minimum Gasteiger partial charge on any atom is -0.508 e. The van der Waals surface area contributed by atoms with Crippen molar-refractivity contribution in [3.63, 3.8) is 0 Å². The fourth-order valence-electron chi connectivity index (χ4n) is 7.45. The molecule has 0 saturated carbocycles. The van der Waals surface area contributed by atoms with Gasteiger partial charge in [0.05, 0.1) is 5.41 Å². The fourth-order valence-corrected chi connectivity index (χ4v) is 7.45. The molecule has 0 amide bonds. The summed E-state index contributed by atoms with van der Waals surface area (Å²) in [6.45, 7) is 13.3. The van der Waals surface area contributed by atoms with Crippen LogP contribution >= 0.6 is 0 Å². The molecular formula is C44H42O2. The standard InChI is InChI=1S/C44H42O2/c1-26(2)30-12-7-15-33(21-30)36-24-37(34-16-8-13-31(22-34)27(3)4)43(46)42-38(36)25-39(35-17-9-14-32(23-35)28(5)6)44(42)20-19-29-11-10-18-40(45)41(29)44/h7-28,45-46H,1-6H3. The second-order valence-corrected chi connectivity index (χ2v) is 13.9. The number of benzene rings is 5. The van der Waals surface area contributed by atoms with Crippen LogP contribution in [0.5, 0.6) is 11.5 Å². The first-order valence-electron chi connectivity index (χ1n) is 16.6. The highest BCUT2D eigenvalue weighted by atomic mass is 16.3. The zero-order valence-electron chi connectivity index (χ0n) is 27.6. The number of fused-ring (bicyclic) bond motifs is 4. The van der Waals surface area contributed by atoms with Crippen molar-refractivity contribution in [2.24, 2.45) is 0 Å². The second kappa shape index (κ2) is 11.2. The van der Waals surface area contributed by atoms with E-state index >= 15 is 0 Å². The Kier molecular flexibility index (Phi) is 7.28. The molecular weight excluding hydrogens is 560 g/mol. The van der Waals surface area contributed by atoms with E-state index in [0.717, 1.165) is 55.6 Å². The fraction of sp³-hybridized carbons (Fsp3) is 0.227. The Morgan fingerprint density at radius 3 is 1.65 bits per heavy atom. The highest BCUT2D eigenvalue weighted by Gasteiger charge is 2.50. The largest absolute Gasteiger partial charge is 0.508 e. The van der Waals surface area contributed by atoms with Crippen LogP contribution in [0.4, 0.5) is 0 Å². The minimum absolute atomic E-state index is 0.233. The maximum absolute atomic E-state index is 12.6. The number of phenolic OH excluding ortho intramolecular Hbond substituents is 2. The van der Waals surface area contributed by atoms with Gasteiger partial charge in [0.25, 0.3) is 0 Å². The summed E-state index contributed by atoms with van der Waals surface area (Å²) in [5.41, 5.74) is 12.6. The van der Waals surface area contributed by atoms with Gasteiger partial charge >= 0.3 is 0 Å². The van der Waals surface area contributed by atoms with Crippen LogP contribution in [0.3, 0.4) is 0 Å². The lowest BCUT2D eigenvalue weighted by atomic mass is 9.69. The van der Waals surface area contributed by atoms with Crippen LogP contribution in [-0.4, -0.2) is 10.2 Å². The molecule has 0 radical (unpaired) electrons. The van der Waals surface area contributed by atoms with E-state index in [1.807, 2.05) is 6.07 Å². The summed E-state index contributed by atoms with van der Waals surface area (Å²) in [6.07, 6.45) is 6.57. The van der Waals surface area contributed by atoms with Gasteiger partial charge in [0.15, 0.2) is 0 Å². The Bertz CT molecular complexity index is 2060. The number of rotatable bonds is 6. The summed E-state index contributed by atoms with van der Waals surface area (Å²) in [7, 11) is 0. The smallest absolute Gasteiger partial charge is 0.128 e. The highest BCUT2D eigenvalue weighted by Crippen LogP contribution is 2.63. The predicted octanol–water partition coefficient (Wildman–Crippen LogP) is 11.7. The van der Waals surface area contributed by atoms with Gasteiger partial charge in [-0.15, -0.1) is 0 Å². The Morgan fingerprint density at radius 2 is 1.07 bits per heavy atom. The van der Waals surface area contributed by atoms with E-state index in [0.29, 0.717) is 17.8 Å². The molecule has 0 heterocycles. The quantitative estimate of drug-likeness (QED) is 0.203. The molecule has 2 aliphatic carbocycles. The Hall–Kier alpha value is -4.82. The van der Waals surface area contributed by atoms with E-state index in [-0.39, 0.29) is 11.5 Å². The maximum Gasteiger partial charge on any atom is 0.128 e. The summed E-state index contributed by atoms with van der Waals surface area (Å²) >= 11 is 0.